The minimum atomic E-state index is -0.670. The first-order valence-electron chi connectivity index (χ1n) is 9.98. The molecule has 1 saturated heterocycles. The fraction of sp³-hybridized carbons (Fsp3) is 0.455. The second-order valence-electron chi connectivity index (χ2n) is 9.59. The number of hydrogen-bond donors (Lipinski definition) is 2. The van der Waals surface area contributed by atoms with Crippen molar-refractivity contribution in [2.45, 2.75) is 65.1 Å². The van der Waals surface area contributed by atoms with E-state index in [2.05, 4.69) is 36.4 Å². The molecule has 0 radical (unpaired) electrons. The van der Waals surface area contributed by atoms with Crippen molar-refractivity contribution in [3.05, 3.63) is 47.9 Å². The summed E-state index contributed by atoms with van der Waals surface area (Å²) in [6.45, 7) is 14.0. The number of carbonyl (C=O) groups excluding carboxylic acids is 1. The van der Waals surface area contributed by atoms with Gasteiger partial charge in [0.2, 0.25) is 0 Å². The van der Waals surface area contributed by atoms with Gasteiger partial charge in [0.05, 0.1) is 16.9 Å². The van der Waals surface area contributed by atoms with Crippen molar-refractivity contribution in [1.29, 1.82) is 0 Å². The van der Waals surface area contributed by atoms with Crippen molar-refractivity contribution in [3.8, 4) is 0 Å². The standard InChI is InChI=1S/C22H29BFN3O3/c1-20(2,3)14-10-11-25-18(12-14)27-19(28)26-17-9-8-15(13-16(17)24)23-29-21(4,5)22(6,7)30-23/h8-13H,1-7H3,(H2,25,26,27,28). The largest absolute Gasteiger partial charge is 0.494 e. The molecular weight excluding hydrogens is 384 g/mol. The van der Waals surface area contributed by atoms with Crippen LogP contribution in [0.5, 0.6) is 0 Å². The van der Waals surface area contributed by atoms with Crippen LogP contribution in [0.2, 0.25) is 0 Å². The zero-order chi connectivity index (χ0) is 22.3. The maximum atomic E-state index is 14.6. The Morgan fingerprint density at radius 3 is 2.23 bits per heavy atom. The molecule has 6 nitrogen and oxygen atoms in total. The Morgan fingerprint density at radius 2 is 1.67 bits per heavy atom. The van der Waals surface area contributed by atoms with Gasteiger partial charge >= 0.3 is 13.1 Å². The monoisotopic (exact) mass is 413 g/mol. The molecule has 1 fully saturated rings. The molecule has 2 aromatic rings. The lowest BCUT2D eigenvalue weighted by atomic mass is 9.79. The number of amides is 2. The van der Waals surface area contributed by atoms with Gasteiger partial charge in [0.15, 0.2) is 0 Å². The Hall–Kier alpha value is -2.45. The minimum Gasteiger partial charge on any atom is -0.399 e. The number of nitrogens with one attached hydrogen (secondary N) is 2. The van der Waals surface area contributed by atoms with Crippen molar-refractivity contribution >= 4 is 30.1 Å². The zero-order valence-corrected chi connectivity index (χ0v) is 18.6. The molecule has 1 aromatic heterocycles. The summed E-state index contributed by atoms with van der Waals surface area (Å²) in [5.74, 6) is -0.178. The van der Waals surface area contributed by atoms with Crippen LogP contribution in [0.3, 0.4) is 0 Å². The number of anilines is 2. The zero-order valence-electron chi connectivity index (χ0n) is 18.6. The molecule has 1 aliphatic heterocycles. The summed E-state index contributed by atoms with van der Waals surface area (Å²) in [4.78, 5) is 16.5. The average molecular weight is 413 g/mol. The highest BCUT2D eigenvalue weighted by Crippen LogP contribution is 2.36. The highest BCUT2D eigenvalue weighted by atomic mass is 19.1. The molecule has 0 atom stereocenters. The quantitative estimate of drug-likeness (QED) is 0.729. The Bertz CT molecular complexity index is 941. The lowest BCUT2D eigenvalue weighted by Gasteiger charge is -2.32. The van der Waals surface area contributed by atoms with Gasteiger partial charge in [-0.05, 0) is 68.4 Å². The van der Waals surface area contributed by atoms with Crippen LogP contribution in [0.25, 0.3) is 0 Å². The molecule has 1 aliphatic rings. The fourth-order valence-electron chi connectivity index (χ4n) is 2.99. The number of hydrogen-bond acceptors (Lipinski definition) is 4. The van der Waals surface area contributed by atoms with Crippen LogP contribution in [0.4, 0.5) is 20.7 Å². The van der Waals surface area contributed by atoms with Crippen molar-refractivity contribution in [2.24, 2.45) is 0 Å². The van der Waals surface area contributed by atoms with Gasteiger partial charge in [-0.2, -0.15) is 0 Å². The predicted molar refractivity (Wildman–Crippen MR) is 118 cm³/mol. The SMILES string of the molecule is CC(C)(C)c1ccnc(NC(=O)Nc2ccc(B3OC(C)(C)C(C)(C)O3)cc2F)c1. The Balaban J connectivity index is 1.69. The van der Waals surface area contributed by atoms with E-state index in [1.807, 2.05) is 33.8 Å². The molecule has 160 valence electrons. The Kier molecular flexibility index (Phi) is 5.69. The lowest BCUT2D eigenvalue weighted by molar-refractivity contribution is 0.00578. The van der Waals surface area contributed by atoms with Crippen LogP contribution in [0.15, 0.2) is 36.5 Å². The summed E-state index contributed by atoms with van der Waals surface area (Å²) in [6.07, 6.45) is 1.64. The van der Waals surface area contributed by atoms with Crippen molar-refractivity contribution in [1.82, 2.24) is 4.98 Å². The molecule has 0 aliphatic carbocycles. The fourth-order valence-corrected chi connectivity index (χ4v) is 2.99. The first kappa shape index (κ1) is 22.2. The van der Waals surface area contributed by atoms with Crippen LogP contribution in [0, 0.1) is 5.82 Å². The van der Waals surface area contributed by atoms with Gasteiger partial charge < -0.3 is 14.6 Å². The third-order valence-electron chi connectivity index (χ3n) is 5.63. The molecule has 3 rings (SSSR count). The topological polar surface area (TPSA) is 72.5 Å². The van der Waals surface area contributed by atoms with E-state index in [1.165, 1.54) is 12.1 Å². The van der Waals surface area contributed by atoms with E-state index in [-0.39, 0.29) is 11.1 Å². The summed E-state index contributed by atoms with van der Waals surface area (Å²) in [5.41, 5.74) is 0.534. The van der Waals surface area contributed by atoms with Gasteiger partial charge in [-0.25, -0.2) is 14.2 Å². The highest BCUT2D eigenvalue weighted by Gasteiger charge is 2.51. The second kappa shape index (κ2) is 7.67. The van der Waals surface area contributed by atoms with Gasteiger partial charge in [-0.3, -0.25) is 5.32 Å². The molecule has 2 N–H and O–H groups in total. The first-order valence-corrected chi connectivity index (χ1v) is 9.98. The summed E-state index contributed by atoms with van der Waals surface area (Å²) < 4.78 is 26.5. The third-order valence-corrected chi connectivity index (χ3v) is 5.63. The van der Waals surface area contributed by atoms with Gasteiger partial charge in [0.1, 0.15) is 11.6 Å². The van der Waals surface area contributed by atoms with Crippen LogP contribution in [0.1, 0.15) is 54.0 Å². The maximum absolute atomic E-state index is 14.6. The van der Waals surface area contributed by atoms with Gasteiger partial charge in [0, 0.05) is 6.20 Å². The average Bonchev–Trinajstić information content (AvgIpc) is 2.84. The molecule has 2 heterocycles. The molecule has 1 aromatic carbocycles. The maximum Gasteiger partial charge on any atom is 0.494 e. The number of pyridine rings is 1. The minimum absolute atomic E-state index is 0.0553. The van der Waals surface area contributed by atoms with Gasteiger partial charge in [-0.15, -0.1) is 0 Å². The van der Waals surface area contributed by atoms with Gasteiger partial charge in [0.25, 0.3) is 0 Å². The van der Waals surface area contributed by atoms with Crippen molar-refractivity contribution < 1.29 is 18.5 Å². The predicted octanol–water partition coefficient (Wildman–Crippen LogP) is 4.46. The summed E-state index contributed by atoms with van der Waals surface area (Å²) in [7, 11) is -0.670. The van der Waals surface area contributed by atoms with Crippen molar-refractivity contribution in [2.75, 3.05) is 10.6 Å². The van der Waals surface area contributed by atoms with E-state index in [1.54, 1.807) is 18.3 Å². The molecule has 30 heavy (non-hydrogen) atoms. The molecule has 0 bridgehead atoms. The van der Waals surface area contributed by atoms with Crippen molar-refractivity contribution in [3.63, 3.8) is 0 Å². The Labute approximate surface area is 177 Å². The number of rotatable bonds is 3. The second-order valence-corrected chi connectivity index (χ2v) is 9.59. The molecular formula is C22H29BFN3O3. The number of carbonyl (C=O) groups is 1. The van der Waals surface area contributed by atoms with Crippen LogP contribution >= 0.6 is 0 Å². The number of halogens is 1. The van der Waals surface area contributed by atoms with Gasteiger partial charge in [-0.1, -0.05) is 26.8 Å². The number of aromatic nitrogens is 1. The van der Waals surface area contributed by atoms with Crippen LogP contribution < -0.4 is 16.1 Å². The first-order chi connectivity index (χ1) is 13.8. The smallest absolute Gasteiger partial charge is 0.399 e. The number of urea groups is 1. The summed E-state index contributed by atoms with van der Waals surface area (Å²) in [5, 5.41) is 5.16. The Morgan fingerprint density at radius 1 is 1.03 bits per heavy atom. The van der Waals surface area contributed by atoms with Crippen LogP contribution in [-0.4, -0.2) is 29.3 Å². The highest BCUT2D eigenvalue weighted by molar-refractivity contribution is 6.62. The summed E-state index contributed by atoms with van der Waals surface area (Å²) in [6, 6.07) is 7.62. The van der Waals surface area contributed by atoms with Crippen LogP contribution in [-0.2, 0) is 14.7 Å². The molecule has 0 unspecified atom stereocenters. The summed E-state index contributed by atoms with van der Waals surface area (Å²) >= 11 is 0. The number of nitrogens with zero attached hydrogens (tertiary/aromatic N) is 1. The van der Waals surface area contributed by atoms with E-state index < -0.39 is 30.2 Å². The third kappa shape index (κ3) is 4.65. The van der Waals surface area contributed by atoms with E-state index in [0.717, 1.165) is 5.56 Å². The molecule has 8 heteroatoms. The normalized spacial score (nSPS) is 17.7. The number of benzene rings is 1. The van der Waals surface area contributed by atoms with E-state index in [0.29, 0.717) is 11.3 Å². The van der Waals surface area contributed by atoms with E-state index in [4.69, 9.17) is 9.31 Å². The molecule has 0 spiro atoms. The van der Waals surface area contributed by atoms with E-state index in [9.17, 15) is 9.18 Å². The van der Waals surface area contributed by atoms with E-state index >= 15 is 0 Å². The molecule has 0 saturated carbocycles. The lowest BCUT2D eigenvalue weighted by Crippen LogP contribution is -2.41. The molecule has 2 amide bonds.